The number of esters is 2. The lowest BCUT2D eigenvalue weighted by atomic mass is 9.47. The van der Waals surface area contributed by atoms with E-state index < -0.39 is 5.41 Å². The fourth-order valence-electron chi connectivity index (χ4n) is 6.91. The van der Waals surface area contributed by atoms with E-state index >= 15 is 0 Å². The Bertz CT molecular complexity index is 559. The molecule has 0 heterocycles. The molecule has 0 saturated heterocycles. The summed E-state index contributed by atoms with van der Waals surface area (Å²) in [4.78, 5) is 25.1. The van der Waals surface area contributed by atoms with Crippen molar-refractivity contribution in [3.05, 3.63) is 0 Å². The second kappa shape index (κ2) is 7.08. The Morgan fingerprint density at radius 1 is 0.926 bits per heavy atom. The van der Waals surface area contributed by atoms with Gasteiger partial charge in [0.1, 0.15) is 5.60 Å². The van der Waals surface area contributed by atoms with Crippen LogP contribution in [0.2, 0.25) is 0 Å². The van der Waals surface area contributed by atoms with E-state index in [9.17, 15) is 9.59 Å². The number of ether oxygens (including phenoxy) is 2. The van der Waals surface area contributed by atoms with Crippen molar-refractivity contribution >= 4 is 11.9 Å². The maximum atomic E-state index is 12.8. The van der Waals surface area contributed by atoms with E-state index in [4.69, 9.17) is 9.47 Å². The van der Waals surface area contributed by atoms with Gasteiger partial charge in [-0.15, -0.1) is 0 Å². The summed E-state index contributed by atoms with van der Waals surface area (Å²) in [5.41, 5.74) is -0.820. The van der Waals surface area contributed by atoms with Crippen molar-refractivity contribution in [3.8, 4) is 0 Å². The standard InChI is InChI=1S/C23H36O4/c1-4-22(2,3)21(25)26-14-20(24)27-23(17-7-5-6-8-17)18-10-15-9-16(12-18)13-19(23)11-15/h15-19H,4-14H2,1-3H3. The average Bonchev–Trinajstić information content (AvgIpc) is 3.17. The minimum Gasteiger partial charge on any atom is -0.456 e. The molecule has 0 amide bonds. The van der Waals surface area contributed by atoms with Crippen LogP contribution in [0.1, 0.15) is 85.0 Å². The van der Waals surface area contributed by atoms with Gasteiger partial charge in [-0.25, -0.2) is 4.79 Å². The van der Waals surface area contributed by atoms with E-state index in [2.05, 4.69) is 0 Å². The van der Waals surface area contributed by atoms with Crippen molar-refractivity contribution in [1.82, 2.24) is 0 Å². The molecule has 0 aliphatic heterocycles. The minimum absolute atomic E-state index is 0.233. The van der Waals surface area contributed by atoms with Crippen LogP contribution in [0.25, 0.3) is 0 Å². The maximum Gasteiger partial charge on any atom is 0.344 e. The summed E-state index contributed by atoms with van der Waals surface area (Å²) < 4.78 is 11.7. The molecule has 0 spiro atoms. The Hall–Kier alpha value is -1.06. The van der Waals surface area contributed by atoms with Crippen LogP contribution < -0.4 is 0 Å². The maximum absolute atomic E-state index is 12.8. The molecule has 0 aromatic heterocycles. The molecular weight excluding hydrogens is 340 g/mol. The fourth-order valence-corrected chi connectivity index (χ4v) is 6.91. The zero-order valence-electron chi connectivity index (χ0n) is 17.3. The van der Waals surface area contributed by atoms with Crippen LogP contribution in [0.3, 0.4) is 0 Å². The van der Waals surface area contributed by atoms with Crippen molar-refractivity contribution < 1.29 is 19.1 Å². The van der Waals surface area contributed by atoms with Crippen LogP contribution in [0.15, 0.2) is 0 Å². The highest BCUT2D eigenvalue weighted by Crippen LogP contribution is 2.63. The molecule has 0 radical (unpaired) electrons. The van der Waals surface area contributed by atoms with Gasteiger partial charge in [-0.05, 0) is 94.8 Å². The molecule has 0 unspecified atom stereocenters. The highest BCUT2D eigenvalue weighted by Gasteiger charge is 2.62. The van der Waals surface area contributed by atoms with Gasteiger partial charge in [0.05, 0.1) is 5.41 Å². The number of carbonyl (C=O) groups is 2. The Kier molecular flexibility index (Phi) is 5.05. The molecule has 5 aliphatic rings. The smallest absolute Gasteiger partial charge is 0.344 e. The molecular formula is C23H36O4. The van der Waals surface area contributed by atoms with Crippen LogP contribution in [0.4, 0.5) is 0 Å². The second-order valence-electron chi connectivity index (χ2n) is 10.4. The van der Waals surface area contributed by atoms with Gasteiger partial charge in [0.15, 0.2) is 6.61 Å². The van der Waals surface area contributed by atoms with Crippen molar-refractivity contribution in [2.45, 2.75) is 90.6 Å². The summed E-state index contributed by atoms with van der Waals surface area (Å²) in [5.74, 6) is 2.65. The van der Waals surface area contributed by atoms with Crippen molar-refractivity contribution in [1.29, 1.82) is 0 Å². The first-order chi connectivity index (χ1) is 12.8. The molecule has 5 rings (SSSR count). The number of hydrogen-bond acceptors (Lipinski definition) is 4. The summed E-state index contributed by atoms with van der Waals surface area (Å²) >= 11 is 0. The summed E-state index contributed by atoms with van der Waals surface area (Å²) in [6.45, 7) is 5.45. The van der Waals surface area contributed by atoms with Crippen molar-refractivity contribution in [3.63, 3.8) is 0 Å². The highest BCUT2D eigenvalue weighted by molar-refractivity contribution is 5.80. The van der Waals surface area contributed by atoms with Gasteiger partial charge in [0.2, 0.25) is 0 Å². The largest absolute Gasteiger partial charge is 0.456 e. The van der Waals surface area contributed by atoms with E-state index in [-0.39, 0.29) is 24.1 Å². The Balaban J connectivity index is 1.48. The highest BCUT2D eigenvalue weighted by atomic mass is 16.6. The number of carbonyl (C=O) groups excluding carboxylic acids is 2. The van der Waals surface area contributed by atoms with E-state index in [1.54, 1.807) is 0 Å². The molecule has 4 nitrogen and oxygen atoms in total. The lowest BCUT2D eigenvalue weighted by molar-refractivity contribution is -0.231. The zero-order chi connectivity index (χ0) is 19.2. The van der Waals surface area contributed by atoms with E-state index in [1.165, 1.54) is 57.8 Å². The molecule has 4 bridgehead atoms. The van der Waals surface area contributed by atoms with Gasteiger partial charge in [-0.3, -0.25) is 4.79 Å². The topological polar surface area (TPSA) is 52.6 Å². The van der Waals surface area contributed by atoms with Gasteiger partial charge < -0.3 is 9.47 Å². The molecule has 27 heavy (non-hydrogen) atoms. The Morgan fingerprint density at radius 2 is 1.48 bits per heavy atom. The van der Waals surface area contributed by atoms with Gasteiger partial charge in [-0.1, -0.05) is 19.8 Å². The molecule has 0 atom stereocenters. The third-order valence-corrected chi connectivity index (χ3v) is 8.46. The number of rotatable bonds is 6. The van der Waals surface area contributed by atoms with Crippen molar-refractivity contribution in [2.75, 3.05) is 6.61 Å². The fraction of sp³-hybridized carbons (Fsp3) is 0.913. The zero-order valence-corrected chi connectivity index (χ0v) is 17.3. The molecule has 5 aliphatic carbocycles. The van der Waals surface area contributed by atoms with Crippen molar-refractivity contribution in [2.24, 2.45) is 35.0 Å². The van der Waals surface area contributed by atoms with Crippen LogP contribution in [0, 0.1) is 35.0 Å². The second-order valence-corrected chi connectivity index (χ2v) is 10.4. The quantitative estimate of drug-likeness (QED) is 0.619. The molecule has 5 fully saturated rings. The molecule has 0 N–H and O–H groups in total. The summed E-state index contributed by atoms with van der Waals surface area (Å²) in [6, 6.07) is 0. The monoisotopic (exact) mass is 376 g/mol. The van der Waals surface area contributed by atoms with Gasteiger partial charge >= 0.3 is 11.9 Å². The van der Waals surface area contributed by atoms with Gasteiger partial charge in [0.25, 0.3) is 0 Å². The lowest BCUT2D eigenvalue weighted by Crippen LogP contribution is -2.63. The average molecular weight is 377 g/mol. The van der Waals surface area contributed by atoms with E-state index in [1.807, 2.05) is 20.8 Å². The van der Waals surface area contributed by atoms with Crippen LogP contribution in [-0.2, 0) is 19.1 Å². The SMILES string of the molecule is CCC(C)(C)C(=O)OCC(=O)OC1(C2CCCC2)C2CC3CC(C2)CC1C3. The van der Waals surface area contributed by atoms with Gasteiger partial charge in [-0.2, -0.15) is 0 Å². The molecule has 4 heteroatoms. The third-order valence-electron chi connectivity index (χ3n) is 8.46. The first-order valence-corrected chi connectivity index (χ1v) is 11.2. The van der Waals surface area contributed by atoms with Gasteiger partial charge in [0, 0.05) is 0 Å². The molecule has 0 aromatic carbocycles. The predicted molar refractivity (Wildman–Crippen MR) is 103 cm³/mol. The summed E-state index contributed by atoms with van der Waals surface area (Å²) in [7, 11) is 0. The van der Waals surface area contributed by atoms with E-state index in [0.717, 1.165) is 11.8 Å². The lowest BCUT2D eigenvalue weighted by Gasteiger charge is -2.62. The normalized spacial score (nSPS) is 38.2. The Morgan fingerprint density at radius 3 is 2.00 bits per heavy atom. The third kappa shape index (κ3) is 3.31. The summed E-state index contributed by atoms with van der Waals surface area (Å²) in [6.07, 6.45) is 11.9. The molecule has 152 valence electrons. The molecule has 0 aromatic rings. The number of hydrogen-bond donors (Lipinski definition) is 0. The molecule has 5 saturated carbocycles. The first-order valence-electron chi connectivity index (χ1n) is 11.2. The van der Waals surface area contributed by atoms with Crippen LogP contribution in [-0.4, -0.2) is 24.1 Å². The minimum atomic E-state index is -0.550. The Labute approximate surface area is 163 Å². The van der Waals surface area contributed by atoms with E-state index in [0.29, 0.717) is 24.2 Å². The predicted octanol–water partition coefficient (Wildman–Crippen LogP) is 4.89. The summed E-state index contributed by atoms with van der Waals surface area (Å²) in [5, 5.41) is 0. The first kappa shape index (κ1) is 19.3. The van der Waals surface area contributed by atoms with Crippen LogP contribution in [0.5, 0.6) is 0 Å². The van der Waals surface area contributed by atoms with Crippen LogP contribution >= 0.6 is 0 Å².